The van der Waals surface area contributed by atoms with Crippen molar-refractivity contribution in [1.29, 1.82) is 0 Å². The summed E-state index contributed by atoms with van der Waals surface area (Å²) in [5, 5.41) is 19.0. The first kappa shape index (κ1) is 11.5. The van der Waals surface area contributed by atoms with Crippen molar-refractivity contribution < 1.29 is 5.11 Å². The van der Waals surface area contributed by atoms with Gasteiger partial charge in [0.05, 0.1) is 17.8 Å². The van der Waals surface area contributed by atoms with Gasteiger partial charge in [0.25, 0.3) is 0 Å². The molecule has 3 aliphatic rings. The first-order chi connectivity index (χ1) is 9.70. The number of H-pyrrole nitrogens is 1. The molecular formula is C16H15BrN2O. The first-order valence-electron chi connectivity index (χ1n) is 7.23. The third kappa shape index (κ3) is 1.19. The second-order valence-electron chi connectivity index (χ2n) is 6.55. The average Bonchev–Trinajstić information content (AvgIpc) is 3.11. The van der Waals surface area contributed by atoms with Crippen LogP contribution in [0.5, 0.6) is 0 Å². The quantitative estimate of drug-likeness (QED) is 0.777. The van der Waals surface area contributed by atoms with Gasteiger partial charge >= 0.3 is 0 Å². The minimum absolute atomic E-state index is 0.261. The van der Waals surface area contributed by atoms with Crippen molar-refractivity contribution in [3.63, 3.8) is 0 Å². The number of aromatic nitrogens is 2. The number of hydrogen-bond donors (Lipinski definition) is 2. The normalized spacial score (nSPS) is 34.7. The predicted octanol–water partition coefficient (Wildman–Crippen LogP) is 3.39. The number of halogens is 1. The molecule has 3 nitrogen and oxygen atoms in total. The fourth-order valence-corrected chi connectivity index (χ4v) is 5.78. The Kier molecular flexibility index (Phi) is 2.04. The number of aromatic amines is 1. The number of aliphatic hydroxyl groups excluding tert-OH is 1. The third-order valence-electron chi connectivity index (χ3n) is 5.64. The Morgan fingerprint density at radius 2 is 2.30 bits per heavy atom. The molecule has 2 N–H and O–H groups in total. The molecule has 0 unspecified atom stereocenters. The molecule has 0 aliphatic heterocycles. The number of hydrogen-bond acceptors (Lipinski definition) is 2. The van der Waals surface area contributed by atoms with E-state index in [0.29, 0.717) is 5.92 Å². The van der Waals surface area contributed by atoms with Crippen LogP contribution in [0.25, 0.3) is 16.5 Å². The Hall–Kier alpha value is -1.13. The fourth-order valence-electron chi connectivity index (χ4n) is 4.77. The molecule has 0 radical (unpaired) electrons. The van der Waals surface area contributed by atoms with Crippen LogP contribution in [-0.2, 0) is 6.42 Å². The zero-order valence-corrected chi connectivity index (χ0v) is 12.6. The van der Waals surface area contributed by atoms with E-state index in [9.17, 15) is 5.11 Å². The highest BCUT2D eigenvalue weighted by molar-refractivity contribution is 9.11. The Morgan fingerprint density at radius 3 is 3.20 bits per heavy atom. The van der Waals surface area contributed by atoms with E-state index in [4.69, 9.17) is 0 Å². The Morgan fingerprint density at radius 1 is 1.40 bits per heavy atom. The Balaban J connectivity index is 1.86. The van der Waals surface area contributed by atoms with Crippen molar-refractivity contribution in [1.82, 2.24) is 10.2 Å². The molecule has 1 saturated carbocycles. The second kappa shape index (κ2) is 3.55. The molecule has 4 heteroatoms. The minimum Gasteiger partial charge on any atom is -0.388 e. The zero-order chi connectivity index (χ0) is 13.5. The molecular weight excluding hydrogens is 316 g/mol. The van der Waals surface area contributed by atoms with Crippen molar-refractivity contribution in [3.8, 4) is 0 Å². The van der Waals surface area contributed by atoms with Crippen molar-refractivity contribution in [2.75, 3.05) is 0 Å². The lowest BCUT2D eigenvalue weighted by molar-refractivity contribution is 0.140. The van der Waals surface area contributed by atoms with E-state index in [1.54, 1.807) is 0 Å². The maximum Gasteiger partial charge on any atom is 0.0886 e. The van der Waals surface area contributed by atoms with Gasteiger partial charge in [-0.25, -0.2) is 0 Å². The smallest absolute Gasteiger partial charge is 0.0886 e. The SMILES string of the molecule is O[C@@H]1C(Br)=C2c3ccc4[nH]ncc4c3C[C@@]23CC[C@@H]1C3. The second-order valence-corrected chi connectivity index (χ2v) is 7.41. The fraction of sp³-hybridized carbons (Fsp3) is 0.438. The lowest BCUT2D eigenvalue weighted by Crippen LogP contribution is -2.29. The Labute approximate surface area is 125 Å². The highest BCUT2D eigenvalue weighted by Crippen LogP contribution is 2.64. The lowest BCUT2D eigenvalue weighted by Gasteiger charge is -2.34. The van der Waals surface area contributed by atoms with Crippen LogP contribution in [0.3, 0.4) is 0 Å². The van der Waals surface area contributed by atoms with Crippen LogP contribution in [0, 0.1) is 11.3 Å². The van der Waals surface area contributed by atoms with E-state index in [1.807, 2.05) is 6.20 Å². The number of aliphatic hydroxyl groups is 1. The maximum absolute atomic E-state index is 10.5. The number of rotatable bonds is 0. The van der Waals surface area contributed by atoms with Crippen molar-refractivity contribution in [2.24, 2.45) is 11.3 Å². The van der Waals surface area contributed by atoms with Crippen LogP contribution < -0.4 is 0 Å². The summed E-state index contributed by atoms with van der Waals surface area (Å²) in [6.07, 6.45) is 6.21. The molecule has 1 aromatic carbocycles. The van der Waals surface area contributed by atoms with Gasteiger partial charge in [0.15, 0.2) is 0 Å². The molecule has 3 aliphatic carbocycles. The van der Waals surface area contributed by atoms with Gasteiger partial charge in [0.1, 0.15) is 0 Å². The summed E-state index contributed by atoms with van der Waals surface area (Å²) in [7, 11) is 0. The van der Waals surface area contributed by atoms with E-state index in [2.05, 4.69) is 38.3 Å². The van der Waals surface area contributed by atoms with Crippen LogP contribution in [0.1, 0.15) is 30.4 Å². The Bertz CT molecular complexity index is 778. The zero-order valence-electron chi connectivity index (χ0n) is 11.0. The van der Waals surface area contributed by atoms with Gasteiger partial charge in [-0.05, 0) is 54.4 Å². The molecule has 0 amide bonds. The number of allylic oxidation sites excluding steroid dienone is 1. The maximum atomic E-state index is 10.5. The van der Waals surface area contributed by atoms with Gasteiger partial charge in [0, 0.05) is 15.3 Å². The van der Waals surface area contributed by atoms with Gasteiger partial charge in [-0.2, -0.15) is 5.10 Å². The summed E-state index contributed by atoms with van der Waals surface area (Å²) in [5.74, 6) is 0.433. The van der Waals surface area contributed by atoms with Gasteiger partial charge in [-0.3, -0.25) is 5.10 Å². The monoisotopic (exact) mass is 330 g/mol. The highest BCUT2D eigenvalue weighted by Gasteiger charge is 2.54. The van der Waals surface area contributed by atoms with E-state index >= 15 is 0 Å². The van der Waals surface area contributed by atoms with Crippen molar-refractivity contribution >= 4 is 32.4 Å². The topological polar surface area (TPSA) is 48.9 Å². The number of benzene rings is 1. The van der Waals surface area contributed by atoms with E-state index < -0.39 is 0 Å². The van der Waals surface area contributed by atoms with Crippen LogP contribution in [0.4, 0.5) is 0 Å². The van der Waals surface area contributed by atoms with Crippen LogP contribution >= 0.6 is 15.9 Å². The predicted molar refractivity (Wildman–Crippen MR) is 81.4 cm³/mol. The first-order valence-corrected chi connectivity index (χ1v) is 8.02. The van der Waals surface area contributed by atoms with Crippen molar-refractivity contribution in [2.45, 2.75) is 31.8 Å². The molecule has 102 valence electrons. The largest absolute Gasteiger partial charge is 0.388 e. The molecule has 2 aromatic rings. The third-order valence-corrected chi connectivity index (χ3v) is 6.51. The van der Waals surface area contributed by atoms with E-state index in [1.165, 1.54) is 28.5 Å². The molecule has 1 spiro atoms. The molecule has 2 bridgehead atoms. The summed E-state index contributed by atoms with van der Waals surface area (Å²) in [6, 6.07) is 4.31. The van der Waals surface area contributed by atoms with E-state index in [-0.39, 0.29) is 11.5 Å². The van der Waals surface area contributed by atoms with Gasteiger partial charge in [0.2, 0.25) is 0 Å². The summed E-state index contributed by atoms with van der Waals surface area (Å²) in [5.41, 5.74) is 5.49. The highest BCUT2D eigenvalue weighted by atomic mass is 79.9. The molecule has 1 fully saturated rings. The molecule has 1 heterocycles. The summed E-state index contributed by atoms with van der Waals surface area (Å²) in [6.45, 7) is 0. The van der Waals surface area contributed by atoms with Crippen LogP contribution in [0.15, 0.2) is 22.8 Å². The average molecular weight is 331 g/mol. The van der Waals surface area contributed by atoms with Gasteiger partial charge < -0.3 is 5.11 Å². The van der Waals surface area contributed by atoms with E-state index in [0.717, 1.165) is 29.3 Å². The molecule has 0 saturated heterocycles. The molecule has 1 aromatic heterocycles. The standard InChI is InChI=1S/C16H15BrN2O/c17-14-13-9-1-2-12-11(7-18-19-12)10(9)6-16(13)4-3-8(5-16)15(14)20/h1-2,7-8,15,20H,3-6H2,(H,18,19)/t8-,15+,16+/m1/s1. The molecule has 3 atom stereocenters. The summed E-state index contributed by atoms with van der Waals surface area (Å²) in [4.78, 5) is 0. The number of nitrogens with one attached hydrogen (secondary N) is 1. The van der Waals surface area contributed by atoms with Crippen molar-refractivity contribution in [3.05, 3.63) is 33.9 Å². The summed E-state index contributed by atoms with van der Waals surface area (Å²) >= 11 is 3.71. The summed E-state index contributed by atoms with van der Waals surface area (Å²) < 4.78 is 1.04. The molecule has 5 rings (SSSR count). The minimum atomic E-state index is -0.313. The van der Waals surface area contributed by atoms with Gasteiger partial charge in [-0.1, -0.05) is 22.0 Å². The number of fused-ring (bicyclic) bond motifs is 5. The molecule has 20 heavy (non-hydrogen) atoms. The van der Waals surface area contributed by atoms with Gasteiger partial charge in [-0.15, -0.1) is 0 Å². The van der Waals surface area contributed by atoms with Crippen LogP contribution in [0.2, 0.25) is 0 Å². The van der Waals surface area contributed by atoms with Crippen LogP contribution in [-0.4, -0.2) is 21.4 Å². The number of nitrogens with zero attached hydrogens (tertiary/aromatic N) is 1. The lowest BCUT2D eigenvalue weighted by atomic mass is 9.74.